The fourth-order valence-corrected chi connectivity index (χ4v) is 6.10. The minimum Gasteiger partial charge on any atom is -0.490 e. The van der Waals surface area contributed by atoms with Crippen molar-refractivity contribution in [2.45, 2.75) is 44.6 Å². The normalized spacial score (nSPS) is 22.4. The molecule has 1 N–H and O–H groups in total. The molecule has 0 amide bonds. The van der Waals surface area contributed by atoms with Crippen molar-refractivity contribution in [1.82, 2.24) is 18.4 Å². The number of ether oxygens (including phenoxy) is 2. The number of nitrogens with one attached hydrogen (secondary N) is 1. The Morgan fingerprint density at radius 2 is 1.80 bits per heavy atom. The summed E-state index contributed by atoms with van der Waals surface area (Å²) in [6.07, 6.45) is 8.66. The SMILES string of the molecule is O=c1c(Cl)c(NCC2CCCOC2)cnn1-c1ccc(OC2CCN(SN3CCCC3)CC2)cc1. The smallest absolute Gasteiger partial charge is 0.292 e. The van der Waals surface area contributed by atoms with Gasteiger partial charge in [0.25, 0.3) is 5.56 Å². The van der Waals surface area contributed by atoms with Crippen LogP contribution in [0.3, 0.4) is 0 Å². The number of hydrogen-bond donors (Lipinski definition) is 1. The first-order chi connectivity index (χ1) is 17.2. The Labute approximate surface area is 216 Å². The van der Waals surface area contributed by atoms with Crippen molar-refractivity contribution >= 4 is 29.4 Å². The van der Waals surface area contributed by atoms with Crippen molar-refractivity contribution in [3.63, 3.8) is 0 Å². The van der Waals surface area contributed by atoms with Crippen molar-refractivity contribution in [2.24, 2.45) is 5.92 Å². The van der Waals surface area contributed by atoms with E-state index in [1.807, 2.05) is 36.4 Å². The maximum Gasteiger partial charge on any atom is 0.292 e. The minimum atomic E-state index is -0.340. The molecule has 8 nitrogen and oxygen atoms in total. The van der Waals surface area contributed by atoms with Crippen molar-refractivity contribution in [3.8, 4) is 11.4 Å². The van der Waals surface area contributed by atoms with Gasteiger partial charge in [-0.1, -0.05) is 11.6 Å². The number of hydrogen-bond acceptors (Lipinski definition) is 8. The van der Waals surface area contributed by atoms with E-state index in [1.54, 1.807) is 6.20 Å². The van der Waals surface area contributed by atoms with Crippen LogP contribution in [-0.4, -0.2) is 70.4 Å². The van der Waals surface area contributed by atoms with Gasteiger partial charge in [-0.15, -0.1) is 0 Å². The van der Waals surface area contributed by atoms with Crippen molar-refractivity contribution in [2.75, 3.05) is 51.3 Å². The molecule has 3 aliphatic heterocycles. The zero-order chi connectivity index (χ0) is 24.0. The number of piperidine rings is 1. The zero-order valence-electron chi connectivity index (χ0n) is 20.0. The molecule has 0 bridgehead atoms. The summed E-state index contributed by atoms with van der Waals surface area (Å²) in [5.74, 6) is 1.23. The van der Waals surface area contributed by atoms with E-state index >= 15 is 0 Å². The van der Waals surface area contributed by atoms with E-state index in [0.717, 1.165) is 57.7 Å². The first-order valence-corrected chi connectivity index (χ1v) is 13.8. The molecule has 0 spiro atoms. The average Bonchev–Trinajstić information content (AvgIpc) is 3.41. The zero-order valence-corrected chi connectivity index (χ0v) is 21.6. The van der Waals surface area contributed by atoms with E-state index < -0.39 is 0 Å². The van der Waals surface area contributed by atoms with Gasteiger partial charge in [0.05, 0.1) is 24.2 Å². The quantitative estimate of drug-likeness (QED) is 0.520. The Balaban J connectivity index is 1.14. The first kappa shape index (κ1) is 24.9. The van der Waals surface area contributed by atoms with Crippen molar-refractivity contribution < 1.29 is 9.47 Å². The second-order valence-corrected chi connectivity index (χ2v) is 11.1. The fourth-order valence-electron chi connectivity index (χ4n) is 4.79. The summed E-state index contributed by atoms with van der Waals surface area (Å²) in [6, 6.07) is 7.51. The van der Waals surface area contributed by atoms with Gasteiger partial charge in [-0.05, 0) is 68.7 Å². The highest BCUT2D eigenvalue weighted by molar-refractivity contribution is 7.94. The lowest BCUT2D eigenvalue weighted by Crippen LogP contribution is -2.36. The van der Waals surface area contributed by atoms with Crippen molar-refractivity contribution in [1.29, 1.82) is 0 Å². The van der Waals surface area contributed by atoms with Gasteiger partial charge in [0.15, 0.2) is 0 Å². The van der Waals surface area contributed by atoms with Crippen LogP contribution in [0.4, 0.5) is 5.69 Å². The molecular weight excluding hydrogens is 486 g/mol. The Morgan fingerprint density at radius 1 is 1.06 bits per heavy atom. The molecule has 1 aromatic carbocycles. The molecule has 0 aliphatic carbocycles. The van der Waals surface area contributed by atoms with E-state index in [4.69, 9.17) is 21.1 Å². The molecule has 35 heavy (non-hydrogen) atoms. The molecule has 3 aliphatic rings. The lowest BCUT2D eigenvalue weighted by molar-refractivity contribution is 0.0595. The molecule has 1 atom stereocenters. The van der Waals surface area contributed by atoms with E-state index in [-0.39, 0.29) is 16.7 Å². The standard InChI is InChI=1S/C25H34ClN5O3S/c26-24-23(27-16-19-4-3-15-33-18-19)17-28-31(25(24)32)20-5-7-21(8-6-20)34-22-9-13-30(14-10-22)35-29-11-1-2-12-29/h5-8,17,19,22,27H,1-4,9-16,18H2. The lowest BCUT2D eigenvalue weighted by atomic mass is 10.0. The number of halogens is 1. The molecular formula is C25H34ClN5O3S. The third kappa shape index (κ3) is 6.51. The Hall–Kier alpha value is -1.78. The molecule has 190 valence electrons. The number of benzene rings is 1. The largest absolute Gasteiger partial charge is 0.490 e. The molecule has 1 unspecified atom stereocenters. The van der Waals surface area contributed by atoms with Gasteiger partial charge in [-0.25, -0.2) is 8.61 Å². The minimum absolute atomic E-state index is 0.149. The van der Waals surface area contributed by atoms with Crippen LogP contribution >= 0.6 is 23.7 Å². The highest BCUT2D eigenvalue weighted by atomic mass is 35.5. The summed E-state index contributed by atoms with van der Waals surface area (Å²) >= 11 is 8.29. The Bertz CT molecular complexity index is 1020. The molecule has 2 aromatic rings. The molecule has 5 rings (SSSR count). The summed E-state index contributed by atoms with van der Waals surface area (Å²) in [7, 11) is 0. The number of nitrogens with zero attached hydrogens (tertiary/aromatic N) is 4. The maximum absolute atomic E-state index is 12.9. The average molecular weight is 520 g/mol. The topological polar surface area (TPSA) is 71.9 Å². The molecule has 0 saturated carbocycles. The maximum atomic E-state index is 12.9. The van der Waals surface area contributed by atoms with Gasteiger partial charge < -0.3 is 14.8 Å². The Morgan fingerprint density at radius 3 is 2.51 bits per heavy atom. The van der Waals surface area contributed by atoms with Gasteiger partial charge in [-0.3, -0.25) is 4.79 Å². The predicted octanol–water partition coefficient (Wildman–Crippen LogP) is 4.23. The van der Waals surface area contributed by atoms with E-state index in [0.29, 0.717) is 23.8 Å². The number of aromatic nitrogens is 2. The molecule has 1 aromatic heterocycles. The molecule has 0 radical (unpaired) electrons. The summed E-state index contributed by atoms with van der Waals surface area (Å²) in [5.41, 5.74) is 0.883. The van der Waals surface area contributed by atoms with Gasteiger partial charge >= 0.3 is 0 Å². The van der Waals surface area contributed by atoms with E-state index in [2.05, 4.69) is 19.0 Å². The summed E-state index contributed by atoms with van der Waals surface area (Å²) in [6.45, 7) is 6.76. The van der Waals surface area contributed by atoms with Crippen LogP contribution in [0.2, 0.25) is 5.02 Å². The molecule has 3 saturated heterocycles. The third-order valence-electron chi connectivity index (χ3n) is 6.84. The summed E-state index contributed by atoms with van der Waals surface area (Å²) in [5, 5.41) is 7.76. The second-order valence-electron chi connectivity index (χ2n) is 9.51. The predicted molar refractivity (Wildman–Crippen MR) is 140 cm³/mol. The van der Waals surface area contributed by atoms with Crippen LogP contribution < -0.4 is 15.6 Å². The van der Waals surface area contributed by atoms with Crippen molar-refractivity contribution in [3.05, 3.63) is 45.8 Å². The first-order valence-electron chi connectivity index (χ1n) is 12.7. The van der Waals surface area contributed by atoms with Crippen LogP contribution in [0.5, 0.6) is 5.75 Å². The highest BCUT2D eigenvalue weighted by Gasteiger charge is 2.24. The lowest BCUT2D eigenvalue weighted by Gasteiger charge is -2.33. The van der Waals surface area contributed by atoms with E-state index in [9.17, 15) is 4.79 Å². The fraction of sp³-hybridized carbons (Fsp3) is 0.600. The van der Waals surface area contributed by atoms with Crippen LogP contribution in [0.15, 0.2) is 35.3 Å². The van der Waals surface area contributed by atoms with Gasteiger partial charge in [0.1, 0.15) is 16.9 Å². The van der Waals surface area contributed by atoms with Gasteiger partial charge in [0, 0.05) is 51.5 Å². The molecule has 4 heterocycles. The number of rotatable bonds is 8. The van der Waals surface area contributed by atoms with Gasteiger partial charge in [0.2, 0.25) is 0 Å². The van der Waals surface area contributed by atoms with Gasteiger partial charge in [-0.2, -0.15) is 9.78 Å². The van der Waals surface area contributed by atoms with Crippen LogP contribution in [0.25, 0.3) is 5.69 Å². The monoisotopic (exact) mass is 519 g/mol. The van der Waals surface area contributed by atoms with Crippen LogP contribution in [0.1, 0.15) is 38.5 Å². The summed E-state index contributed by atoms with van der Waals surface area (Å²) in [4.78, 5) is 12.9. The van der Waals surface area contributed by atoms with Crippen LogP contribution in [-0.2, 0) is 4.74 Å². The molecule has 3 fully saturated rings. The third-order valence-corrected chi connectivity index (χ3v) is 8.39. The highest BCUT2D eigenvalue weighted by Crippen LogP contribution is 2.27. The second kappa shape index (κ2) is 12.0. The molecule has 10 heteroatoms. The number of anilines is 1. The summed E-state index contributed by atoms with van der Waals surface area (Å²) < 4.78 is 18.0. The Kier molecular flexibility index (Phi) is 8.51. The van der Waals surface area contributed by atoms with Crippen LogP contribution in [0, 0.1) is 5.92 Å². The van der Waals surface area contributed by atoms with E-state index in [1.165, 1.54) is 30.6 Å².